The van der Waals surface area contributed by atoms with Crippen molar-refractivity contribution >= 4 is 39.9 Å². The van der Waals surface area contributed by atoms with E-state index >= 15 is 0 Å². The van der Waals surface area contributed by atoms with Crippen LogP contribution in [-0.2, 0) is 16.1 Å². The highest BCUT2D eigenvalue weighted by Gasteiger charge is 2.36. The number of ketones is 1. The van der Waals surface area contributed by atoms with Gasteiger partial charge in [0.2, 0.25) is 11.8 Å². The second kappa shape index (κ2) is 10.7. The third-order valence-corrected chi connectivity index (χ3v) is 7.35. The van der Waals surface area contributed by atoms with E-state index in [-0.39, 0.29) is 30.2 Å². The van der Waals surface area contributed by atoms with E-state index in [1.807, 2.05) is 18.2 Å². The minimum Gasteiger partial charge on any atom is -0.391 e. The molecule has 2 aliphatic rings. The highest BCUT2D eigenvalue weighted by Crippen LogP contribution is 2.28. The first-order valence-electron chi connectivity index (χ1n) is 12.8. The Balaban J connectivity index is 1.33. The predicted octanol–water partition coefficient (Wildman–Crippen LogP) is 2.79. The number of amides is 2. The fourth-order valence-electron chi connectivity index (χ4n) is 5.45. The van der Waals surface area contributed by atoms with Gasteiger partial charge < -0.3 is 25.2 Å². The fraction of sp³-hybridized carbons (Fsp3) is 0.444. The van der Waals surface area contributed by atoms with E-state index in [0.717, 1.165) is 48.0 Å². The highest BCUT2D eigenvalue weighted by molar-refractivity contribution is 6.08. The number of aromatic nitrogens is 3. The standard InChI is InChI=1S/C27H32N6O4/c1-17(34)21-14-32(23-9-8-18(11-20(21)23)30-19-12-28-16-29-13-19)15-26(36)33-10-4-6-24(33)27(37)31-22-5-2-3-7-25(22)35/h8-9,11-14,16,22,24-25,30,35H,2-7,10,15H2,1H3,(H,31,37)/t22-,24-,25-/m0/s1. The van der Waals surface area contributed by atoms with Crippen LogP contribution in [0, 0.1) is 0 Å². The lowest BCUT2D eigenvalue weighted by molar-refractivity contribution is -0.139. The van der Waals surface area contributed by atoms with Crippen LogP contribution in [0.4, 0.5) is 11.4 Å². The number of nitrogens with zero attached hydrogens (tertiary/aromatic N) is 4. The number of nitrogens with one attached hydrogen (secondary N) is 2. The number of aliphatic hydroxyl groups excluding tert-OH is 1. The molecule has 0 spiro atoms. The SMILES string of the molecule is CC(=O)c1cn(CC(=O)N2CCC[C@H]2C(=O)N[C@H]2CCCC[C@@H]2O)c2ccc(Nc3cncnc3)cc12. The van der Waals surface area contributed by atoms with Crippen LogP contribution in [0.15, 0.2) is 43.1 Å². The Morgan fingerprint density at radius 2 is 1.84 bits per heavy atom. The number of hydrogen-bond donors (Lipinski definition) is 3. The largest absolute Gasteiger partial charge is 0.391 e. The first-order chi connectivity index (χ1) is 17.9. The van der Waals surface area contributed by atoms with E-state index in [2.05, 4.69) is 20.6 Å². The molecule has 0 radical (unpaired) electrons. The molecule has 0 bridgehead atoms. The topological polar surface area (TPSA) is 129 Å². The highest BCUT2D eigenvalue weighted by atomic mass is 16.3. The summed E-state index contributed by atoms with van der Waals surface area (Å²) >= 11 is 0. The van der Waals surface area contributed by atoms with Crippen molar-refractivity contribution in [1.82, 2.24) is 24.8 Å². The third-order valence-electron chi connectivity index (χ3n) is 7.35. The Bertz CT molecular complexity index is 1310. The van der Waals surface area contributed by atoms with Crippen molar-refractivity contribution in [2.75, 3.05) is 11.9 Å². The van der Waals surface area contributed by atoms with Gasteiger partial charge in [0.1, 0.15) is 18.9 Å². The van der Waals surface area contributed by atoms with Gasteiger partial charge in [-0.05, 0) is 50.8 Å². The maximum Gasteiger partial charge on any atom is 0.243 e. The molecule has 3 heterocycles. The quantitative estimate of drug-likeness (QED) is 0.422. The van der Waals surface area contributed by atoms with Gasteiger partial charge in [-0.2, -0.15) is 0 Å². The zero-order chi connectivity index (χ0) is 25.9. The normalized spacial score (nSPS) is 21.7. The summed E-state index contributed by atoms with van der Waals surface area (Å²) in [5.41, 5.74) is 2.78. The number of fused-ring (bicyclic) bond motifs is 1. The smallest absolute Gasteiger partial charge is 0.243 e. The molecule has 1 aliphatic carbocycles. The molecule has 37 heavy (non-hydrogen) atoms. The summed E-state index contributed by atoms with van der Waals surface area (Å²) in [5, 5.41) is 17.2. The van der Waals surface area contributed by atoms with Crippen LogP contribution in [0.3, 0.4) is 0 Å². The van der Waals surface area contributed by atoms with E-state index in [0.29, 0.717) is 24.9 Å². The first kappa shape index (κ1) is 24.9. The van der Waals surface area contributed by atoms with Crippen molar-refractivity contribution in [3.05, 3.63) is 48.7 Å². The third kappa shape index (κ3) is 5.34. The summed E-state index contributed by atoms with van der Waals surface area (Å²) in [7, 11) is 0. The van der Waals surface area contributed by atoms with Crippen molar-refractivity contribution in [2.24, 2.45) is 0 Å². The summed E-state index contributed by atoms with van der Waals surface area (Å²) in [5.74, 6) is -0.461. The summed E-state index contributed by atoms with van der Waals surface area (Å²) in [4.78, 5) is 48.5. The van der Waals surface area contributed by atoms with Crippen LogP contribution in [0.1, 0.15) is 55.8 Å². The van der Waals surface area contributed by atoms with Crippen LogP contribution in [0.25, 0.3) is 10.9 Å². The monoisotopic (exact) mass is 504 g/mol. The van der Waals surface area contributed by atoms with Crippen LogP contribution >= 0.6 is 0 Å². The predicted molar refractivity (Wildman–Crippen MR) is 138 cm³/mol. The van der Waals surface area contributed by atoms with Gasteiger partial charge in [-0.15, -0.1) is 0 Å². The number of hydrogen-bond acceptors (Lipinski definition) is 7. The molecular formula is C27H32N6O4. The fourth-order valence-corrected chi connectivity index (χ4v) is 5.45. The molecule has 1 aliphatic heterocycles. The molecule has 2 amide bonds. The zero-order valence-corrected chi connectivity index (χ0v) is 20.9. The molecule has 2 aromatic heterocycles. The number of likely N-dealkylation sites (tertiary alicyclic amines) is 1. The van der Waals surface area contributed by atoms with Gasteiger partial charge in [-0.3, -0.25) is 14.4 Å². The molecular weight excluding hydrogens is 472 g/mol. The molecule has 3 atom stereocenters. The molecule has 1 saturated carbocycles. The van der Waals surface area contributed by atoms with Crippen molar-refractivity contribution in [2.45, 2.75) is 70.2 Å². The minimum atomic E-state index is -0.542. The number of benzene rings is 1. The van der Waals surface area contributed by atoms with Crippen LogP contribution in [0.5, 0.6) is 0 Å². The minimum absolute atomic E-state index is 0.0267. The van der Waals surface area contributed by atoms with E-state index in [9.17, 15) is 19.5 Å². The Kier molecular flexibility index (Phi) is 7.18. The Morgan fingerprint density at radius 3 is 2.59 bits per heavy atom. The van der Waals surface area contributed by atoms with E-state index < -0.39 is 12.1 Å². The van der Waals surface area contributed by atoms with E-state index in [4.69, 9.17) is 0 Å². The lowest BCUT2D eigenvalue weighted by Crippen LogP contribution is -2.52. The molecule has 3 aromatic rings. The molecule has 3 N–H and O–H groups in total. The second-order valence-electron chi connectivity index (χ2n) is 9.92. The van der Waals surface area contributed by atoms with E-state index in [1.165, 1.54) is 13.3 Å². The van der Waals surface area contributed by atoms with Gasteiger partial charge in [0.25, 0.3) is 0 Å². The summed E-state index contributed by atoms with van der Waals surface area (Å²) in [6.07, 6.45) is 10.7. The average molecular weight is 505 g/mol. The lowest BCUT2D eigenvalue weighted by Gasteiger charge is -2.31. The Labute approximate surface area is 215 Å². The van der Waals surface area contributed by atoms with Crippen molar-refractivity contribution in [3.8, 4) is 0 Å². The maximum absolute atomic E-state index is 13.4. The first-order valence-corrected chi connectivity index (χ1v) is 12.8. The number of anilines is 2. The van der Waals surface area contributed by atoms with Crippen LogP contribution in [0.2, 0.25) is 0 Å². The average Bonchev–Trinajstić information content (AvgIpc) is 3.52. The van der Waals surface area contributed by atoms with Gasteiger partial charge in [-0.1, -0.05) is 12.8 Å². The van der Waals surface area contributed by atoms with Crippen molar-refractivity contribution < 1.29 is 19.5 Å². The Hall–Kier alpha value is -3.79. The molecule has 1 aromatic carbocycles. The lowest BCUT2D eigenvalue weighted by atomic mass is 9.92. The van der Waals surface area contributed by atoms with Gasteiger partial charge >= 0.3 is 0 Å². The molecule has 10 heteroatoms. The molecule has 194 valence electrons. The summed E-state index contributed by atoms with van der Waals surface area (Å²) < 4.78 is 1.78. The number of carbonyl (C=O) groups excluding carboxylic acids is 3. The van der Waals surface area contributed by atoms with Gasteiger partial charge in [0, 0.05) is 34.9 Å². The number of Topliss-reactive ketones (excluding diaryl/α,β-unsaturated/α-hetero) is 1. The van der Waals surface area contributed by atoms with Gasteiger partial charge in [-0.25, -0.2) is 9.97 Å². The van der Waals surface area contributed by atoms with Crippen LogP contribution < -0.4 is 10.6 Å². The number of carbonyl (C=O) groups is 3. The second-order valence-corrected chi connectivity index (χ2v) is 9.92. The van der Waals surface area contributed by atoms with E-state index in [1.54, 1.807) is 28.1 Å². The van der Waals surface area contributed by atoms with Crippen molar-refractivity contribution in [3.63, 3.8) is 0 Å². The van der Waals surface area contributed by atoms with Gasteiger partial charge in [0.05, 0.1) is 30.2 Å². The molecule has 1 saturated heterocycles. The van der Waals surface area contributed by atoms with Crippen LogP contribution in [-0.4, -0.2) is 66.9 Å². The summed E-state index contributed by atoms with van der Waals surface area (Å²) in [6, 6.07) is 4.83. The summed E-state index contributed by atoms with van der Waals surface area (Å²) in [6.45, 7) is 2.04. The molecule has 0 unspecified atom stereocenters. The number of aliphatic hydroxyl groups is 1. The molecule has 2 fully saturated rings. The Morgan fingerprint density at radius 1 is 1.05 bits per heavy atom. The number of rotatable bonds is 7. The van der Waals surface area contributed by atoms with Crippen molar-refractivity contribution in [1.29, 1.82) is 0 Å². The maximum atomic E-state index is 13.4. The van der Waals surface area contributed by atoms with Gasteiger partial charge in [0.15, 0.2) is 5.78 Å². The molecule has 10 nitrogen and oxygen atoms in total. The molecule has 5 rings (SSSR count). The zero-order valence-electron chi connectivity index (χ0n) is 20.9.